The van der Waals surface area contributed by atoms with Crippen LogP contribution in [0.2, 0.25) is 0 Å². The molecule has 2 heterocycles. The third-order valence-electron chi connectivity index (χ3n) is 6.53. The zero-order valence-electron chi connectivity index (χ0n) is 17.5. The maximum Gasteiger partial charge on any atom is 0.233 e. The van der Waals surface area contributed by atoms with Crippen LogP contribution in [0.3, 0.4) is 0 Å². The van der Waals surface area contributed by atoms with Crippen LogP contribution in [0.4, 0.5) is 0 Å². The Labute approximate surface area is 171 Å². The number of hydrogen-bond acceptors (Lipinski definition) is 5. The van der Waals surface area contributed by atoms with E-state index in [2.05, 4.69) is 27.3 Å². The van der Waals surface area contributed by atoms with Crippen molar-refractivity contribution in [1.29, 1.82) is 0 Å². The van der Waals surface area contributed by atoms with Crippen LogP contribution in [0.1, 0.15) is 61.8 Å². The van der Waals surface area contributed by atoms with Crippen molar-refractivity contribution >= 4 is 5.91 Å². The highest BCUT2D eigenvalue weighted by Gasteiger charge is 2.48. The van der Waals surface area contributed by atoms with E-state index in [-0.39, 0.29) is 18.1 Å². The van der Waals surface area contributed by atoms with E-state index in [0.717, 1.165) is 49.2 Å². The topological polar surface area (TPSA) is 80.3 Å². The number of nitrogens with zero attached hydrogens (tertiary/aromatic N) is 3. The molecule has 0 unspecified atom stereocenters. The number of likely N-dealkylation sites (tertiary alicyclic amines) is 1. The lowest BCUT2D eigenvalue weighted by Gasteiger charge is -2.40. The van der Waals surface area contributed by atoms with Gasteiger partial charge in [-0.1, -0.05) is 31.4 Å². The van der Waals surface area contributed by atoms with Gasteiger partial charge in [0.1, 0.15) is 11.6 Å². The van der Waals surface area contributed by atoms with Crippen molar-refractivity contribution in [3.63, 3.8) is 0 Å². The van der Waals surface area contributed by atoms with Crippen molar-refractivity contribution in [1.82, 2.24) is 20.1 Å². The molecule has 0 bridgehead atoms. The zero-order valence-corrected chi connectivity index (χ0v) is 17.5. The van der Waals surface area contributed by atoms with E-state index in [1.807, 2.05) is 24.0 Å². The van der Waals surface area contributed by atoms with Gasteiger partial charge in [-0.25, -0.2) is 4.98 Å². The second-order valence-electron chi connectivity index (χ2n) is 8.22. The van der Waals surface area contributed by atoms with Gasteiger partial charge in [0.05, 0.1) is 24.7 Å². The van der Waals surface area contributed by atoms with Crippen LogP contribution >= 0.6 is 0 Å². The van der Waals surface area contributed by atoms with Crippen LogP contribution in [0.5, 0.6) is 5.75 Å². The first-order valence-electron chi connectivity index (χ1n) is 10.4. The molecular formula is C22H30N4O3. The number of aromatic nitrogens is 3. The molecular weight excluding hydrogens is 368 g/mol. The zero-order chi connectivity index (χ0) is 20.4. The molecule has 1 amide bonds. The van der Waals surface area contributed by atoms with Gasteiger partial charge in [0.25, 0.3) is 0 Å². The standard InChI is InChI=1S/C22H30N4O3/c1-15-23-20(25-24-15)19-13-18(29-3)14-26(19)21(27)22(11-5-4-6-12-22)16-7-9-17(28-2)10-8-16/h7-10,18-19H,4-6,11-14H2,1-3H3,(H,23,24,25)/t18-,19-/m0/s1. The van der Waals surface area contributed by atoms with Crippen LogP contribution in [-0.2, 0) is 14.9 Å². The number of amides is 1. The average molecular weight is 399 g/mol. The predicted octanol–water partition coefficient (Wildman–Crippen LogP) is 3.31. The fraction of sp³-hybridized carbons (Fsp3) is 0.591. The highest BCUT2D eigenvalue weighted by Crippen LogP contribution is 2.44. The van der Waals surface area contributed by atoms with E-state index in [1.165, 1.54) is 6.42 Å². The molecule has 2 aliphatic rings. The largest absolute Gasteiger partial charge is 0.497 e. The van der Waals surface area contributed by atoms with E-state index in [9.17, 15) is 4.79 Å². The number of carbonyl (C=O) groups excluding carboxylic acids is 1. The molecule has 2 fully saturated rings. The number of methoxy groups -OCH3 is 2. The lowest BCUT2D eigenvalue weighted by Crippen LogP contribution is -2.48. The number of ether oxygens (including phenoxy) is 2. The molecule has 1 N–H and O–H groups in total. The SMILES string of the molecule is COc1ccc(C2(C(=O)N3C[C@@H](OC)C[C@H]3c3n[nH]c(C)n3)CCCCC2)cc1. The Bertz CT molecular complexity index is 842. The predicted molar refractivity (Wildman–Crippen MR) is 109 cm³/mol. The van der Waals surface area contributed by atoms with Crippen molar-refractivity contribution in [2.75, 3.05) is 20.8 Å². The van der Waals surface area contributed by atoms with Gasteiger partial charge >= 0.3 is 0 Å². The fourth-order valence-corrected chi connectivity index (χ4v) is 4.91. The number of aryl methyl sites for hydroxylation is 1. The Kier molecular flexibility index (Phi) is 5.58. The molecule has 7 nitrogen and oxygen atoms in total. The van der Waals surface area contributed by atoms with Gasteiger partial charge in [0.15, 0.2) is 5.82 Å². The summed E-state index contributed by atoms with van der Waals surface area (Å²) in [6.45, 7) is 2.46. The summed E-state index contributed by atoms with van der Waals surface area (Å²) in [5.41, 5.74) is 0.574. The van der Waals surface area contributed by atoms with Gasteiger partial charge < -0.3 is 14.4 Å². The summed E-state index contributed by atoms with van der Waals surface area (Å²) in [5, 5.41) is 7.28. The first-order chi connectivity index (χ1) is 14.1. The van der Waals surface area contributed by atoms with Crippen molar-refractivity contribution < 1.29 is 14.3 Å². The normalized spacial score (nSPS) is 23.9. The van der Waals surface area contributed by atoms with Crippen LogP contribution in [0.25, 0.3) is 0 Å². The monoisotopic (exact) mass is 398 g/mol. The van der Waals surface area contributed by atoms with Crippen molar-refractivity contribution in [2.45, 2.75) is 63.0 Å². The third kappa shape index (κ3) is 3.64. The summed E-state index contributed by atoms with van der Waals surface area (Å²) in [5.74, 6) is 2.42. The number of carbonyl (C=O) groups is 1. The minimum absolute atomic E-state index is 0.000681. The van der Waals surface area contributed by atoms with Gasteiger partial charge in [-0.3, -0.25) is 9.89 Å². The lowest BCUT2D eigenvalue weighted by molar-refractivity contribution is -0.140. The van der Waals surface area contributed by atoms with Gasteiger partial charge in [-0.05, 0) is 37.5 Å². The minimum atomic E-state index is -0.503. The third-order valence-corrected chi connectivity index (χ3v) is 6.53. The smallest absolute Gasteiger partial charge is 0.233 e. The van der Waals surface area contributed by atoms with E-state index >= 15 is 0 Å². The number of H-pyrrole nitrogens is 1. The average Bonchev–Trinajstić information content (AvgIpc) is 3.39. The van der Waals surface area contributed by atoms with E-state index < -0.39 is 5.41 Å². The molecule has 156 valence electrons. The van der Waals surface area contributed by atoms with Crippen LogP contribution in [0.15, 0.2) is 24.3 Å². The summed E-state index contributed by atoms with van der Waals surface area (Å²) in [7, 11) is 3.37. The first kappa shape index (κ1) is 19.9. The maximum atomic E-state index is 14.1. The molecule has 0 spiro atoms. The second-order valence-corrected chi connectivity index (χ2v) is 8.22. The number of nitrogens with one attached hydrogen (secondary N) is 1. The Hall–Kier alpha value is -2.41. The molecule has 7 heteroatoms. The van der Waals surface area contributed by atoms with Crippen molar-refractivity contribution in [3.05, 3.63) is 41.5 Å². The van der Waals surface area contributed by atoms with E-state index in [4.69, 9.17) is 9.47 Å². The molecule has 1 aromatic carbocycles. The molecule has 1 aliphatic heterocycles. The molecule has 1 saturated heterocycles. The maximum absolute atomic E-state index is 14.1. The summed E-state index contributed by atoms with van der Waals surface area (Å²) in [4.78, 5) is 20.6. The number of benzene rings is 1. The Balaban J connectivity index is 1.70. The van der Waals surface area contributed by atoms with Gasteiger partial charge in [-0.2, -0.15) is 5.10 Å². The summed E-state index contributed by atoms with van der Waals surface area (Å²) in [6, 6.07) is 7.86. The number of rotatable bonds is 5. The van der Waals surface area contributed by atoms with Crippen molar-refractivity contribution in [3.8, 4) is 5.75 Å². The summed E-state index contributed by atoms with van der Waals surface area (Å²) < 4.78 is 11.0. The highest BCUT2D eigenvalue weighted by molar-refractivity contribution is 5.89. The molecule has 1 aliphatic carbocycles. The molecule has 2 aromatic rings. The molecule has 1 saturated carbocycles. The second kappa shape index (κ2) is 8.14. The lowest BCUT2D eigenvalue weighted by atomic mass is 9.68. The summed E-state index contributed by atoms with van der Waals surface area (Å²) >= 11 is 0. The molecule has 4 rings (SSSR count). The first-order valence-corrected chi connectivity index (χ1v) is 10.4. The van der Waals surface area contributed by atoms with Crippen LogP contribution in [-0.4, -0.2) is 52.9 Å². The van der Waals surface area contributed by atoms with E-state index in [1.54, 1.807) is 14.2 Å². The van der Waals surface area contributed by atoms with Crippen LogP contribution in [0, 0.1) is 6.92 Å². The Morgan fingerprint density at radius 1 is 1.17 bits per heavy atom. The van der Waals surface area contributed by atoms with Gasteiger partial charge in [0, 0.05) is 20.1 Å². The molecule has 0 radical (unpaired) electrons. The summed E-state index contributed by atoms with van der Waals surface area (Å²) in [6.07, 6.45) is 5.75. The van der Waals surface area contributed by atoms with Gasteiger partial charge in [0.2, 0.25) is 5.91 Å². The molecule has 29 heavy (non-hydrogen) atoms. The molecule has 1 aromatic heterocycles. The van der Waals surface area contributed by atoms with E-state index in [0.29, 0.717) is 12.4 Å². The Morgan fingerprint density at radius 3 is 2.48 bits per heavy atom. The number of aromatic amines is 1. The number of hydrogen-bond donors (Lipinski definition) is 1. The van der Waals surface area contributed by atoms with Crippen molar-refractivity contribution in [2.24, 2.45) is 0 Å². The Morgan fingerprint density at radius 2 is 1.90 bits per heavy atom. The highest BCUT2D eigenvalue weighted by atomic mass is 16.5. The van der Waals surface area contributed by atoms with Crippen LogP contribution < -0.4 is 4.74 Å². The minimum Gasteiger partial charge on any atom is -0.497 e. The quantitative estimate of drug-likeness (QED) is 0.836. The van der Waals surface area contributed by atoms with Gasteiger partial charge in [-0.15, -0.1) is 0 Å². The fourth-order valence-electron chi connectivity index (χ4n) is 4.91. The molecule has 2 atom stereocenters.